The van der Waals surface area contributed by atoms with E-state index in [1.807, 2.05) is 36.6 Å². The summed E-state index contributed by atoms with van der Waals surface area (Å²) in [6.07, 6.45) is 1.88. The highest BCUT2D eigenvalue weighted by Gasteiger charge is 2.24. The lowest BCUT2D eigenvalue weighted by atomic mass is 10.1. The van der Waals surface area contributed by atoms with Gasteiger partial charge in [-0.3, -0.25) is 0 Å². The third-order valence-corrected chi connectivity index (χ3v) is 4.80. The van der Waals surface area contributed by atoms with Crippen LogP contribution in [0, 0.1) is 0 Å². The normalized spacial score (nSPS) is 10.9. The summed E-state index contributed by atoms with van der Waals surface area (Å²) >= 11 is 2.53. The standard InChI is InChI=1S/C16H14N2O3S2/c1-3-21-15(20)13-12(19)10-11(9-7-5-4-6-8-9)17-16(22-2)18-14(10)23-13/h4-8,19H,3H2,1-2H3. The zero-order valence-corrected chi connectivity index (χ0v) is 14.2. The lowest BCUT2D eigenvalue weighted by Gasteiger charge is -2.05. The number of hydrogen-bond donors (Lipinski definition) is 1. The number of thiophene rings is 1. The van der Waals surface area contributed by atoms with Gasteiger partial charge in [0.05, 0.1) is 17.7 Å². The van der Waals surface area contributed by atoms with Crippen molar-refractivity contribution in [2.24, 2.45) is 0 Å². The van der Waals surface area contributed by atoms with Gasteiger partial charge in [-0.15, -0.1) is 11.3 Å². The predicted octanol–water partition coefficient (Wildman–Crippen LogP) is 3.96. The molecule has 0 amide bonds. The van der Waals surface area contributed by atoms with Gasteiger partial charge in [-0.2, -0.15) is 0 Å². The van der Waals surface area contributed by atoms with E-state index in [1.54, 1.807) is 6.92 Å². The van der Waals surface area contributed by atoms with Gasteiger partial charge in [0.1, 0.15) is 4.83 Å². The van der Waals surface area contributed by atoms with Crippen molar-refractivity contribution in [3.8, 4) is 17.0 Å². The molecule has 0 radical (unpaired) electrons. The molecule has 0 aliphatic heterocycles. The Balaban J connectivity index is 2.28. The molecule has 0 bridgehead atoms. The Hall–Kier alpha value is -2.12. The monoisotopic (exact) mass is 346 g/mol. The van der Waals surface area contributed by atoms with Crippen LogP contribution < -0.4 is 0 Å². The Morgan fingerprint density at radius 2 is 2.04 bits per heavy atom. The van der Waals surface area contributed by atoms with Gasteiger partial charge in [0.25, 0.3) is 0 Å². The van der Waals surface area contributed by atoms with Gasteiger partial charge in [-0.05, 0) is 13.2 Å². The van der Waals surface area contributed by atoms with Crippen molar-refractivity contribution >= 4 is 39.3 Å². The van der Waals surface area contributed by atoms with E-state index in [0.717, 1.165) is 16.9 Å². The van der Waals surface area contributed by atoms with Crippen LogP contribution in [0.3, 0.4) is 0 Å². The lowest BCUT2D eigenvalue weighted by Crippen LogP contribution is -2.02. The SMILES string of the molecule is CCOC(=O)c1sc2nc(SC)nc(-c3ccccc3)c2c1O. The maximum absolute atomic E-state index is 12.0. The van der Waals surface area contributed by atoms with Gasteiger partial charge in [0, 0.05) is 5.56 Å². The summed E-state index contributed by atoms with van der Waals surface area (Å²) in [6, 6.07) is 9.53. The minimum atomic E-state index is -0.544. The first-order chi connectivity index (χ1) is 11.2. The maximum Gasteiger partial charge on any atom is 0.352 e. The van der Waals surface area contributed by atoms with E-state index in [2.05, 4.69) is 9.97 Å². The molecule has 2 heterocycles. The topological polar surface area (TPSA) is 72.3 Å². The Morgan fingerprint density at radius 3 is 2.70 bits per heavy atom. The number of benzene rings is 1. The maximum atomic E-state index is 12.0. The number of rotatable bonds is 4. The second-order valence-electron chi connectivity index (χ2n) is 4.61. The third kappa shape index (κ3) is 2.89. The van der Waals surface area contributed by atoms with Crippen LogP contribution in [0.4, 0.5) is 0 Å². The van der Waals surface area contributed by atoms with Gasteiger partial charge in [0.2, 0.25) is 0 Å². The first-order valence-electron chi connectivity index (χ1n) is 6.95. The molecule has 0 atom stereocenters. The number of fused-ring (bicyclic) bond motifs is 1. The van der Waals surface area contributed by atoms with Crippen LogP contribution in [0.25, 0.3) is 21.5 Å². The third-order valence-electron chi connectivity index (χ3n) is 3.20. The largest absolute Gasteiger partial charge is 0.505 e. The molecule has 1 aromatic carbocycles. The van der Waals surface area contributed by atoms with Crippen LogP contribution in [0.1, 0.15) is 16.6 Å². The fourth-order valence-corrected chi connectivity index (χ4v) is 3.58. The lowest BCUT2D eigenvalue weighted by molar-refractivity contribution is 0.0529. The van der Waals surface area contributed by atoms with Gasteiger partial charge in [0.15, 0.2) is 15.8 Å². The molecule has 7 heteroatoms. The fraction of sp³-hybridized carbons (Fsp3) is 0.188. The summed E-state index contributed by atoms with van der Waals surface area (Å²) in [7, 11) is 0. The van der Waals surface area contributed by atoms with E-state index in [4.69, 9.17) is 4.74 Å². The quantitative estimate of drug-likeness (QED) is 0.438. The zero-order chi connectivity index (χ0) is 16.4. The van der Waals surface area contributed by atoms with Crippen molar-refractivity contribution in [2.75, 3.05) is 12.9 Å². The highest BCUT2D eigenvalue weighted by Crippen LogP contribution is 2.41. The molecule has 5 nitrogen and oxygen atoms in total. The first-order valence-corrected chi connectivity index (χ1v) is 8.99. The van der Waals surface area contributed by atoms with Crippen LogP contribution in [0.5, 0.6) is 5.75 Å². The minimum absolute atomic E-state index is 0.116. The average molecular weight is 346 g/mol. The number of thioether (sulfide) groups is 1. The first kappa shape index (κ1) is 15.8. The zero-order valence-electron chi connectivity index (χ0n) is 12.6. The average Bonchev–Trinajstić information content (AvgIpc) is 2.92. The van der Waals surface area contributed by atoms with E-state index in [1.165, 1.54) is 11.8 Å². The van der Waals surface area contributed by atoms with Crippen molar-refractivity contribution in [3.05, 3.63) is 35.2 Å². The molecular formula is C16H14N2O3S2. The number of carbonyl (C=O) groups excluding carboxylic acids is 1. The van der Waals surface area contributed by atoms with Crippen LogP contribution in [-0.2, 0) is 4.74 Å². The summed E-state index contributed by atoms with van der Waals surface area (Å²) in [5.41, 5.74) is 1.47. The van der Waals surface area contributed by atoms with Gasteiger partial charge >= 0.3 is 5.97 Å². The predicted molar refractivity (Wildman–Crippen MR) is 92.3 cm³/mol. The summed E-state index contributed by atoms with van der Waals surface area (Å²) in [5.74, 6) is -0.660. The molecule has 0 unspecified atom stereocenters. The Labute approximate surface area is 141 Å². The molecule has 3 aromatic rings. The van der Waals surface area contributed by atoms with Crippen molar-refractivity contribution in [1.82, 2.24) is 9.97 Å². The highest BCUT2D eigenvalue weighted by molar-refractivity contribution is 7.98. The number of ether oxygens (including phenoxy) is 1. The van der Waals surface area contributed by atoms with E-state index >= 15 is 0 Å². The van der Waals surface area contributed by atoms with E-state index < -0.39 is 5.97 Å². The molecule has 0 spiro atoms. The molecule has 0 saturated carbocycles. The number of esters is 1. The molecule has 23 heavy (non-hydrogen) atoms. The number of aromatic hydroxyl groups is 1. The summed E-state index contributed by atoms with van der Waals surface area (Å²) in [4.78, 5) is 21.7. The molecule has 2 aromatic heterocycles. The molecule has 0 saturated heterocycles. The summed E-state index contributed by atoms with van der Waals surface area (Å²) in [6.45, 7) is 1.98. The second-order valence-corrected chi connectivity index (χ2v) is 6.38. The van der Waals surface area contributed by atoms with Crippen LogP contribution >= 0.6 is 23.1 Å². The number of nitrogens with zero attached hydrogens (tertiary/aromatic N) is 2. The number of hydrogen-bond acceptors (Lipinski definition) is 7. The second kappa shape index (κ2) is 6.55. The number of carbonyl (C=O) groups is 1. The molecule has 0 aliphatic rings. The van der Waals surface area contributed by atoms with E-state index in [0.29, 0.717) is 21.1 Å². The molecular weight excluding hydrogens is 332 g/mol. The molecule has 118 valence electrons. The smallest absolute Gasteiger partial charge is 0.352 e. The molecule has 0 aliphatic carbocycles. The van der Waals surface area contributed by atoms with Crippen LogP contribution in [0.15, 0.2) is 35.5 Å². The summed E-state index contributed by atoms with van der Waals surface area (Å²) < 4.78 is 5.00. The summed E-state index contributed by atoms with van der Waals surface area (Å²) in [5, 5.41) is 11.6. The van der Waals surface area contributed by atoms with Crippen molar-refractivity contribution in [3.63, 3.8) is 0 Å². The minimum Gasteiger partial charge on any atom is -0.505 e. The number of aromatic nitrogens is 2. The van der Waals surface area contributed by atoms with E-state index in [-0.39, 0.29) is 17.2 Å². The van der Waals surface area contributed by atoms with Crippen LogP contribution in [-0.4, -0.2) is 33.9 Å². The highest BCUT2D eigenvalue weighted by atomic mass is 32.2. The fourth-order valence-electron chi connectivity index (χ4n) is 2.20. The van der Waals surface area contributed by atoms with Gasteiger partial charge in [-0.1, -0.05) is 42.1 Å². The van der Waals surface area contributed by atoms with Gasteiger partial charge < -0.3 is 9.84 Å². The van der Waals surface area contributed by atoms with Crippen molar-refractivity contribution in [1.29, 1.82) is 0 Å². The van der Waals surface area contributed by atoms with Gasteiger partial charge in [-0.25, -0.2) is 14.8 Å². The molecule has 1 N–H and O–H groups in total. The molecule has 0 fully saturated rings. The Kier molecular flexibility index (Phi) is 4.49. The Morgan fingerprint density at radius 1 is 1.30 bits per heavy atom. The van der Waals surface area contributed by atoms with Crippen molar-refractivity contribution in [2.45, 2.75) is 12.1 Å². The Bertz CT molecular complexity index is 863. The van der Waals surface area contributed by atoms with Crippen molar-refractivity contribution < 1.29 is 14.6 Å². The van der Waals surface area contributed by atoms with Crippen LogP contribution in [0.2, 0.25) is 0 Å². The molecule has 3 rings (SSSR count). The van der Waals surface area contributed by atoms with E-state index in [9.17, 15) is 9.90 Å².